The highest BCUT2D eigenvalue weighted by molar-refractivity contribution is 14.1. The molecule has 0 saturated heterocycles. The Hall–Kier alpha value is -0.490. The molecule has 84 valence electrons. The number of ether oxygens (including phenoxy) is 2. The van der Waals surface area contributed by atoms with E-state index in [9.17, 15) is 0 Å². The summed E-state index contributed by atoms with van der Waals surface area (Å²) in [5.74, 6) is 1.51. The van der Waals surface area contributed by atoms with Gasteiger partial charge in [0.25, 0.3) is 0 Å². The third kappa shape index (κ3) is 2.75. The van der Waals surface area contributed by atoms with Gasteiger partial charge in [-0.2, -0.15) is 0 Å². The average molecular weight is 321 g/mol. The zero-order valence-corrected chi connectivity index (χ0v) is 11.4. The summed E-state index contributed by atoms with van der Waals surface area (Å²) < 4.78 is 11.6. The molecule has 0 fully saturated rings. The summed E-state index contributed by atoms with van der Waals surface area (Å²) in [6, 6.07) is 4.03. The predicted octanol–water partition coefficient (Wildman–Crippen LogP) is 2.72. The molecule has 0 bridgehead atoms. The van der Waals surface area contributed by atoms with E-state index in [-0.39, 0.29) is 6.04 Å². The number of nitrogens with two attached hydrogens (primary N) is 1. The molecule has 0 aliphatic carbocycles. The second-order valence-corrected chi connectivity index (χ2v) is 4.42. The van der Waals surface area contributed by atoms with Crippen LogP contribution in [-0.4, -0.2) is 14.2 Å². The maximum absolute atomic E-state index is 5.98. The van der Waals surface area contributed by atoms with E-state index >= 15 is 0 Å². The molecule has 0 spiro atoms. The molecule has 1 unspecified atom stereocenters. The van der Waals surface area contributed by atoms with Crippen LogP contribution in [0.3, 0.4) is 0 Å². The molecule has 0 saturated carbocycles. The van der Waals surface area contributed by atoms with Gasteiger partial charge in [-0.3, -0.25) is 0 Å². The van der Waals surface area contributed by atoms with Crippen molar-refractivity contribution in [3.63, 3.8) is 0 Å². The normalized spacial score (nSPS) is 12.3. The lowest BCUT2D eigenvalue weighted by atomic mass is 10.1. The largest absolute Gasteiger partial charge is 0.493 e. The molecule has 0 amide bonds. The molecule has 15 heavy (non-hydrogen) atoms. The average Bonchev–Trinajstić information content (AvgIpc) is 2.26. The first-order valence-corrected chi connectivity index (χ1v) is 5.88. The Labute approximate surface area is 104 Å². The fourth-order valence-electron chi connectivity index (χ4n) is 1.39. The van der Waals surface area contributed by atoms with E-state index in [1.54, 1.807) is 14.2 Å². The SMILES string of the molecule is CCC(N)c1cc(I)c(OC)c(OC)c1. The quantitative estimate of drug-likeness (QED) is 0.867. The van der Waals surface area contributed by atoms with Crippen molar-refractivity contribution in [3.8, 4) is 11.5 Å². The number of benzene rings is 1. The van der Waals surface area contributed by atoms with Crippen LogP contribution in [0.2, 0.25) is 0 Å². The number of halogens is 1. The topological polar surface area (TPSA) is 44.5 Å². The fourth-order valence-corrected chi connectivity index (χ4v) is 2.23. The molecule has 1 rings (SSSR count). The van der Waals surface area contributed by atoms with Crippen LogP contribution in [0, 0.1) is 3.57 Å². The first kappa shape index (κ1) is 12.6. The highest BCUT2D eigenvalue weighted by Gasteiger charge is 2.13. The standard InChI is InChI=1S/C11H16INO2/c1-4-9(13)7-5-8(12)11(15-3)10(6-7)14-2/h5-6,9H,4,13H2,1-3H3. The van der Waals surface area contributed by atoms with Crippen molar-refractivity contribution in [2.75, 3.05) is 14.2 Å². The van der Waals surface area contributed by atoms with Gasteiger partial charge in [-0.25, -0.2) is 0 Å². The molecule has 1 aromatic carbocycles. The second kappa shape index (κ2) is 5.55. The first-order valence-electron chi connectivity index (χ1n) is 4.81. The Bertz CT molecular complexity index is 342. The third-order valence-corrected chi connectivity index (χ3v) is 3.13. The van der Waals surface area contributed by atoms with Gasteiger partial charge in [0.15, 0.2) is 11.5 Å². The highest BCUT2D eigenvalue weighted by atomic mass is 127. The maximum Gasteiger partial charge on any atom is 0.174 e. The van der Waals surface area contributed by atoms with Crippen LogP contribution in [0.15, 0.2) is 12.1 Å². The summed E-state index contributed by atoms with van der Waals surface area (Å²) in [6.07, 6.45) is 0.908. The van der Waals surface area contributed by atoms with Crippen LogP contribution in [0.5, 0.6) is 11.5 Å². The van der Waals surface area contributed by atoms with E-state index in [1.165, 1.54) is 0 Å². The van der Waals surface area contributed by atoms with Gasteiger partial charge in [-0.05, 0) is 46.7 Å². The minimum absolute atomic E-state index is 0.0540. The van der Waals surface area contributed by atoms with E-state index < -0.39 is 0 Å². The van der Waals surface area contributed by atoms with Crippen LogP contribution in [0.25, 0.3) is 0 Å². The van der Waals surface area contributed by atoms with Crippen molar-refractivity contribution in [2.24, 2.45) is 5.73 Å². The summed E-state index contributed by atoms with van der Waals surface area (Å²) in [5, 5.41) is 0. The Morgan fingerprint density at radius 2 is 2.00 bits per heavy atom. The lowest BCUT2D eigenvalue weighted by Gasteiger charge is -2.15. The highest BCUT2D eigenvalue weighted by Crippen LogP contribution is 2.35. The van der Waals surface area contributed by atoms with Crippen molar-refractivity contribution in [1.82, 2.24) is 0 Å². The molecular formula is C11H16INO2. The van der Waals surface area contributed by atoms with Gasteiger partial charge >= 0.3 is 0 Å². The fraction of sp³-hybridized carbons (Fsp3) is 0.455. The third-order valence-electron chi connectivity index (χ3n) is 2.32. The van der Waals surface area contributed by atoms with Gasteiger partial charge in [0.1, 0.15) is 0 Å². The molecule has 0 radical (unpaired) electrons. The minimum Gasteiger partial charge on any atom is -0.493 e. The number of hydrogen-bond donors (Lipinski definition) is 1. The van der Waals surface area contributed by atoms with Crippen LogP contribution < -0.4 is 15.2 Å². The maximum atomic E-state index is 5.98. The van der Waals surface area contributed by atoms with Gasteiger partial charge in [0, 0.05) is 6.04 Å². The molecule has 1 aromatic rings. The van der Waals surface area contributed by atoms with Crippen molar-refractivity contribution in [2.45, 2.75) is 19.4 Å². The molecule has 2 N–H and O–H groups in total. The summed E-state index contributed by atoms with van der Waals surface area (Å²) in [6.45, 7) is 2.06. The first-order chi connectivity index (χ1) is 7.13. The van der Waals surface area contributed by atoms with Gasteiger partial charge in [-0.15, -0.1) is 0 Å². The molecule has 0 heterocycles. The Morgan fingerprint density at radius 1 is 1.33 bits per heavy atom. The van der Waals surface area contributed by atoms with Gasteiger partial charge in [0.05, 0.1) is 17.8 Å². The van der Waals surface area contributed by atoms with E-state index in [4.69, 9.17) is 15.2 Å². The monoisotopic (exact) mass is 321 g/mol. The minimum atomic E-state index is 0.0540. The van der Waals surface area contributed by atoms with E-state index in [1.807, 2.05) is 12.1 Å². The molecule has 3 nitrogen and oxygen atoms in total. The van der Waals surface area contributed by atoms with Crippen molar-refractivity contribution in [1.29, 1.82) is 0 Å². The van der Waals surface area contributed by atoms with E-state index in [0.29, 0.717) is 0 Å². The zero-order valence-electron chi connectivity index (χ0n) is 9.21. The Balaban J connectivity index is 3.19. The van der Waals surface area contributed by atoms with Gasteiger partial charge < -0.3 is 15.2 Å². The molecule has 0 aliphatic rings. The summed E-state index contributed by atoms with van der Waals surface area (Å²) in [5.41, 5.74) is 7.06. The second-order valence-electron chi connectivity index (χ2n) is 3.25. The zero-order chi connectivity index (χ0) is 11.4. The van der Waals surface area contributed by atoms with Gasteiger partial charge in [-0.1, -0.05) is 6.92 Å². The van der Waals surface area contributed by atoms with Gasteiger partial charge in [0.2, 0.25) is 0 Å². The van der Waals surface area contributed by atoms with Crippen LogP contribution in [0.1, 0.15) is 24.9 Å². The summed E-state index contributed by atoms with van der Waals surface area (Å²) >= 11 is 2.22. The summed E-state index contributed by atoms with van der Waals surface area (Å²) in [7, 11) is 3.27. The smallest absolute Gasteiger partial charge is 0.174 e. The molecule has 0 aliphatic heterocycles. The number of rotatable bonds is 4. The number of methoxy groups -OCH3 is 2. The number of hydrogen-bond acceptors (Lipinski definition) is 3. The van der Waals surface area contributed by atoms with Crippen LogP contribution >= 0.6 is 22.6 Å². The van der Waals surface area contributed by atoms with Crippen molar-refractivity contribution in [3.05, 3.63) is 21.3 Å². The lowest BCUT2D eigenvalue weighted by Crippen LogP contribution is -2.09. The van der Waals surface area contributed by atoms with E-state index in [2.05, 4.69) is 29.5 Å². The van der Waals surface area contributed by atoms with E-state index in [0.717, 1.165) is 27.1 Å². The summed E-state index contributed by atoms with van der Waals surface area (Å²) in [4.78, 5) is 0. The molecule has 1 atom stereocenters. The van der Waals surface area contributed by atoms with Crippen LogP contribution in [0.4, 0.5) is 0 Å². The van der Waals surface area contributed by atoms with Crippen LogP contribution in [-0.2, 0) is 0 Å². The van der Waals surface area contributed by atoms with Crippen molar-refractivity contribution >= 4 is 22.6 Å². The Morgan fingerprint density at radius 3 is 2.47 bits per heavy atom. The molecular weight excluding hydrogens is 305 g/mol. The molecule has 0 aromatic heterocycles. The lowest BCUT2D eigenvalue weighted by molar-refractivity contribution is 0.352. The Kier molecular flexibility index (Phi) is 4.66. The predicted molar refractivity (Wildman–Crippen MR) is 69.5 cm³/mol. The molecule has 4 heteroatoms. The van der Waals surface area contributed by atoms with Crippen molar-refractivity contribution < 1.29 is 9.47 Å².